The first kappa shape index (κ1) is 12.8. The second kappa shape index (κ2) is 5.11. The van der Waals surface area contributed by atoms with Gasteiger partial charge in [-0.15, -0.1) is 0 Å². The van der Waals surface area contributed by atoms with Crippen LogP contribution >= 0.6 is 0 Å². The number of hydrogen-bond donors (Lipinski definition) is 0. The van der Waals surface area contributed by atoms with Crippen molar-refractivity contribution in [3.63, 3.8) is 0 Å². The summed E-state index contributed by atoms with van der Waals surface area (Å²) in [5.74, 6) is 0. The fourth-order valence-electron chi connectivity index (χ4n) is 2.80. The smallest absolute Gasteiger partial charge is 0.180 e. The van der Waals surface area contributed by atoms with Crippen LogP contribution in [0.3, 0.4) is 0 Å². The Balaban J connectivity index is 2.04. The first-order valence-corrected chi connectivity index (χ1v) is 7.24. The maximum Gasteiger partial charge on any atom is 0.180 e. The van der Waals surface area contributed by atoms with Crippen molar-refractivity contribution in [3.05, 3.63) is 88.6 Å². The van der Waals surface area contributed by atoms with Crippen LogP contribution in [-0.4, -0.2) is 9.55 Å². The predicted octanol–water partition coefficient (Wildman–Crippen LogP) is 3.55. The fourth-order valence-corrected chi connectivity index (χ4v) is 2.80. The Kier molecular flexibility index (Phi) is 2.97. The maximum absolute atomic E-state index is 11.8. The number of nitrogens with zero attached hydrogens (tertiary/aromatic N) is 2. The van der Waals surface area contributed by atoms with Crippen molar-refractivity contribution in [2.24, 2.45) is 0 Å². The highest BCUT2D eigenvalue weighted by molar-refractivity contribution is 5.80. The van der Waals surface area contributed by atoms with Gasteiger partial charge in [0, 0.05) is 12.6 Å². The molecule has 2 aliphatic rings. The highest BCUT2D eigenvalue weighted by Crippen LogP contribution is 2.25. The van der Waals surface area contributed by atoms with E-state index in [4.69, 9.17) is 0 Å². The van der Waals surface area contributed by atoms with E-state index < -0.39 is 0 Å². The van der Waals surface area contributed by atoms with Crippen molar-refractivity contribution in [3.8, 4) is 11.4 Å². The van der Waals surface area contributed by atoms with Gasteiger partial charge in [0.2, 0.25) is 0 Å². The highest BCUT2D eigenvalue weighted by atomic mass is 16.1. The van der Waals surface area contributed by atoms with Crippen LogP contribution < -0.4 is 5.43 Å². The lowest BCUT2D eigenvalue weighted by Gasteiger charge is -2.18. The van der Waals surface area contributed by atoms with Gasteiger partial charge in [-0.3, -0.25) is 4.79 Å². The van der Waals surface area contributed by atoms with Crippen LogP contribution in [0.15, 0.2) is 77.6 Å². The zero-order chi connectivity index (χ0) is 14.9. The molecule has 0 bridgehead atoms. The van der Waals surface area contributed by atoms with Crippen molar-refractivity contribution in [2.45, 2.75) is 6.54 Å². The molecule has 22 heavy (non-hydrogen) atoms. The Hall–Kier alpha value is -2.94. The van der Waals surface area contributed by atoms with Gasteiger partial charge in [-0.25, -0.2) is 4.98 Å². The average molecular weight is 286 g/mol. The molecular formula is C19H14N2O. The monoisotopic (exact) mass is 286 g/mol. The van der Waals surface area contributed by atoms with Crippen molar-refractivity contribution < 1.29 is 0 Å². The predicted molar refractivity (Wildman–Crippen MR) is 88.2 cm³/mol. The highest BCUT2D eigenvalue weighted by Gasteiger charge is 2.12. The molecule has 0 radical (unpaired) electrons. The van der Waals surface area contributed by atoms with E-state index in [2.05, 4.69) is 21.7 Å². The normalized spacial score (nSPS) is 11.1. The Bertz CT molecular complexity index is 973. The van der Waals surface area contributed by atoms with E-state index in [9.17, 15) is 4.79 Å². The molecule has 0 unspecified atom stereocenters. The van der Waals surface area contributed by atoms with Gasteiger partial charge in [0.1, 0.15) is 0 Å². The number of benzene rings is 3. The van der Waals surface area contributed by atoms with Crippen LogP contribution in [0.2, 0.25) is 0 Å². The van der Waals surface area contributed by atoms with E-state index in [0.717, 1.165) is 22.4 Å². The minimum Gasteiger partial charge on any atom is -0.333 e. The number of para-hydroxylation sites is 2. The van der Waals surface area contributed by atoms with E-state index in [1.807, 2.05) is 42.5 Å². The van der Waals surface area contributed by atoms with Gasteiger partial charge in [0.25, 0.3) is 0 Å². The molecule has 0 amide bonds. The molecule has 1 aliphatic carbocycles. The molecule has 0 saturated carbocycles. The van der Waals surface area contributed by atoms with E-state index in [1.165, 1.54) is 5.56 Å². The van der Waals surface area contributed by atoms with Crippen LogP contribution in [0.5, 0.6) is 0 Å². The van der Waals surface area contributed by atoms with Gasteiger partial charge in [0.15, 0.2) is 5.43 Å². The molecule has 0 spiro atoms. The molecule has 3 nitrogen and oxygen atoms in total. The summed E-state index contributed by atoms with van der Waals surface area (Å²) in [7, 11) is 0. The molecule has 106 valence electrons. The fraction of sp³-hybridized carbons (Fsp3) is 0.0526. The Morgan fingerprint density at radius 3 is 2.50 bits per heavy atom. The van der Waals surface area contributed by atoms with Gasteiger partial charge >= 0.3 is 0 Å². The number of hydrogen-bond acceptors (Lipinski definition) is 2. The molecular weight excluding hydrogens is 272 g/mol. The third-order valence-corrected chi connectivity index (χ3v) is 3.83. The molecule has 1 heterocycles. The van der Waals surface area contributed by atoms with Gasteiger partial charge in [0.05, 0.1) is 22.4 Å². The molecule has 0 N–H and O–H groups in total. The van der Waals surface area contributed by atoms with Crippen LogP contribution in [0.25, 0.3) is 22.4 Å². The summed E-state index contributed by atoms with van der Waals surface area (Å²) in [5.41, 5.74) is 4.88. The van der Waals surface area contributed by atoms with Crippen molar-refractivity contribution in [1.29, 1.82) is 0 Å². The van der Waals surface area contributed by atoms with Gasteiger partial charge in [-0.2, -0.15) is 0 Å². The topological polar surface area (TPSA) is 34.9 Å². The molecule has 0 saturated heterocycles. The Morgan fingerprint density at radius 2 is 1.64 bits per heavy atom. The lowest BCUT2D eigenvalue weighted by molar-refractivity contribution is 0.827. The summed E-state index contributed by atoms with van der Waals surface area (Å²) in [6.07, 6.45) is 0. The van der Waals surface area contributed by atoms with Crippen LogP contribution in [0.1, 0.15) is 5.56 Å². The molecule has 0 fully saturated rings. The average Bonchev–Trinajstić information content (AvgIpc) is 2.56. The third kappa shape index (κ3) is 2.17. The van der Waals surface area contributed by atoms with E-state index in [0.29, 0.717) is 6.54 Å². The second-order valence-corrected chi connectivity index (χ2v) is 5.32. The first-order valence-electron chi connectivity index (χ1n) is 7.24. The van der Waals surface area contributed by atoms with Crippen LogP contribution in [-0.2, 0) is 6.54 Å². The van der Waals surface area contributed by atoms with Crippen LogP contribution in [0, 0.1) is 0 Å². The van der Waals surface area contributed by atoms with Crippen molar-refractivity contribution >= 4 is 11.0 Å². The first-order chi connectivity index (χ1) is 10.8. The van der Waals surface area contributed by atoms with Gasteiger partial charge < -0.3 is 4.57 Å². The molecule has 2 aromatic carbocycles. The zero-order valence-electron chi connectivity index (χ0n) is 11.9. The maximum atomic E-state index is 11.8. The standard InChI is InChI=1S/C19H14N2O/c22-15-10-11-17-19(12-15)21(13-14-6-2-1-3-7-14)18-9-5-4-8-16(18)20-17/h1-12H,13H2. The van der Waals surface area contributed by atoms with E-state index >= 15 is 0 Å². The number of aromatic nitrogens is 2. The zero-order valence-corrected chi connectivity index (χ0v) is 11.9. The molecule has 4 rings (SSSR count). The van der Waals surface area contributed by atoms with Crippen molar-refractivity contribution in [1.82, 2.24) is 9.55 Å². The summed E-state index contributed by atoms with van der Waals surface area (Å²) in [6.45, 7) is 0.712. The van der Waals surface area contributed by atoms with Gasteiger partial charge in [-0.05, 0) is 29.8 Å². The Morgan fingerprint density at radius 1 is 0.864 bits per heavy atom. The molecule has 0 atom stereocenters. The Labute approximate surface area is 127 Å². The minimum atomic E-state index is 0.00592. The molecule has 1 aliphatic heterocycles. The minimum absolute atomic E-state index is 0.00592. The lowest BCUT2D eigenvalue weighted by atomic mass is 10.1. The van der Waals surface area contributed by atoms with Crippen LogP contribution in [0.4, 0.5) is 0 Å². The summed E-state index contributed by atoms with van der Waals surface area (Å²) < 4.78 is 2.16. The molecule has 2 aromatic rings. The summed E-state index contributed by atoms with van der Waals surface area (Å²) in [6, 6.07) is 23.3. The second-order valence-electron chi connectivity index (χ2n) is 5.32. The van der Waals surface area contributed by atoms with E-state index in [1.54, 1.807) is 18.2 Å². The lowest BCUT2D eigenvalue weighted by Crippen LogP contribution is -2.11. The third-order valence-electron chi connectivity index (χ3n) is 3.83. The summed E-state index contributed by atoms with van der Waals surface area (Å²) in [4.78, 5) is 16.4. The summed E-state index contributed by atoms with van der Waals surface area (Å²) in [5, 5.41) is 0. The quantitative estimate of drug-likeness (QED) is 0.528. The SMILES string of the molecule is O=c1ccc2nc3ccccc3n(Cc3ccccc3)c-2c1. The molecule has 3 heteroatoms. The number of fused-ring (bicyclic) bond motifs is 2. The van der Waals surface area contributed by atoms with E-state index in [-0.39, 0.29) is 5.43 Å². The number of rotatable bonds is 2. The van der Waals surface area contributed by atoms with Gasteiger partial charge in [-0.1, -0.05) is 42.5 Å². The molecule has 0 aromatic heterocycles. The van der Waals surface area contributed by atoms with Crippen molar-refractivity contribution in [2.75, 3.05) is 0 Å². The summed E-state index contributed by atoms with van der Waals surface area (Å²) >= 11 is 0. The largest absolute Gasteiger partial charge is 0.333 e.